The van der Waals surface area contributed by atoms with Gasteiger partial charge < -0.3 is 5.32 Å². The third-order valence-corrected chi connectivity index (χ3v) is 2.72. The van der Waals surface area contributed by atoms with Crippen LogP contribution < -0.4 is 5.32 Å². The number of benzene rings is 1. The average molecular weight is 248 g/mol. The van der Waals surface area contributed by atoms with Gasteiger partial charge in [0.2, 0.25) is 5.91 Å². The Kier molecular flexibility index (Phi) is 5.31. The molecule has 0 spiro atoms. The number of hydrogen-bond acceptors (Lipinski definition) is 2. The van der Waals surface area contributed by atoms with E-state index in [2.05, 4.69) is 5.32 Å². The van der Waals surface area contributed by atoms with Crippen LogP contribution >= 0.6 is 0 Å². The van der Waals surface area contributed by atoms with E-state index in [-0.39, 0.29) is 17.8 Å². The Labute approximate surface area is 107 Å². The van der Waals surface area contributed by atoms with Crippen molar-refractivity contribution in [3.05, 3.63) is 35.6 Å². The summed E-state index contributed by atoms with van der Waals surface area (Å²) < 4.78 is 12.7. The zero-order valence-corrected chi connectivity index (χ0v) is 10.6. The number of rotatable bonds is 5. The summed E-state index contributed by atoms with van der Waals surface area (Å²) >= 11 is 0. The molecule has 18 heavy (non-hydrogen) atoms. The molecular formula is C14H17FN2O. The van der Waals surface area contributed by atoms with Crippen LogP contribution in [0.3, 0.4) is 0 Å². The van der Waals surface area contributed by atoms with Crippen molar-refractivity contribution < 1.29 is 9.18 Å². The van der Waals surface area contributed by atoms with Crippen LogP contribution in [0.5, 0.6) is 0 Å². The summed E-state index contributed by atoms with van der Waals surface area (Å²) in [4.78, 5) is 11.7. The van der Waals surface area contributed by atoms with Crippen molar-refractivity contribution in [3.63, 3.8) is 0 Å². The van der Waals surface area contributed by atoms with Crippen molar-refractivity contribution >= 4 is 5.91 Å². The first kappa shape index (κ1) is 14.2. The quantitative estimate of drug-likeness (QED) is 0.870. The lowest BCUT2D eigenvalue weighted by molar-refractivity contribution is -0.124. The topological polar surface area (TPSA) is 52.9 Å². The molecule has 1 rings (SSSR count). The molecule has 1 aromatic carbocycles. The second kappa shape index (κ2) is 6.75. The first-order chi connectivity index (χ1) is 8.56. The molecule has 2 atom stereocenters. The van der Waals surface area contributed by atoms with E-state index in [4.69, 9.17) is 5.26 Å². The van der Waals surface area contributed by atoms with E-state index >= 15 is 0 Å². The molecule has 1 N–H and O–H groups in total. The van der Waals surface area contributed by atoms with E-state index in [9.17, 15) is 9.18 Å². The van der Waals surface area contributed by atoms with Crippen LogP contribution in [0.25, 0.3) is 0 Å². The first-order valence-electron chi connectivity index (χ1n) is 6.01. The fourth-order valence-electron chi connectivity index (χ4n) is 1.70. The summed E-state index contributed by atoms with van der Waals surface area (Å²) in [5.41, 5.74) is 0.953. The van der Waals surface area contributed by atoms with E-state index in [1.165, 1.54) is 12.1 Å². The average Bonchev–Trinajstić information content (AvgIpc) is 2.33. The van der Waals surface area contributed by atoms with Gasteiger partial charge in [0.1, 0.15) is 11.7 Å². The first-order valence-corrected chi connectivity index (χ1v) is 6.01. The van der Waals surface area contributed by atoms with Gasteiger partial charge in [0.25, 0.3) is 0 Å². The van der Waals surface area contributed by atoms with E-state index in [1.807, 2.05) is 13.0 Å². The Hall–Kier alpha value is -1.89. The normalized spacial score (nSPS) is 13.4. The molecule has 0 fully saturated rings. The molecule has 0 aromatic heterocycles. The maximum atomic E-state index is 12.7. The Morgan fingerprint density at radius 3 is 2.56 bits per heavy atom. The van der Waals surface area contributed by atoms with E-state index < -0.39 is 5.92 Å². The summed E-state index contributed by atoms with van der Waals surface area (Å²) in [7, 11) is 0. The maximum Gasteiger partial charge on any atom is 0.237 e. The third-order valence-electron chi connectivity index (χ3n) is 2.72. The molecule has 0 bridgehead atoms. The lowest BCUT2D eigenvalue weighted by Gasteiger charge is -2.15. The van der Waals surface area contributed by atoms with Crippen molar-refractivity contribution in [2.75, 3.05) is 0 Å². The summed E-state index contributed by atoms with van der Waals surface area (Å²) in [6.07, 6.45) is 1.12. The van der Waals surface area contributed by atoms with Gasteiger partial charge in [-0.3, -0.25) is 4.79 Å². The Bertz CT molecular complexity index is 436. The molecule has 1 aromatic rings. The number of carbonyl (C=O) groups is 1. The third kappa shape index (κ3) is 4.17. The second-order valence-corrected chi connectivity index (χ2v) is 4.33. The van der Waals surface area contributed by atoms with Crippen LogP contribution in [0.4, 0.5) is 4.39 Å². The highest BCUT2D eigenvalue weighted by atomic mass is 19.1. The van der Waals surface area contributed by atoms with Gasteiger partial charge in [-0.1, -0.05) is 19.1 Å². The lowest BCUT2D eigenvalue weighted by atomic mass is 10.0. The maximum absolute atomic E-state index is 12.7. The fourth-order valence-corrected chi connectivity index (χ4v) is 1.70. The number of hydrogen-bond donors (Lipinski definition) is 1. The van der Waals surface area contributed by atoms with Crippen molar-refractivity contribution in [1.29, 1.82) is 5.26 Å². The van der Waals surface area contributed by atoms with Crippen molar-refractivity contribution in [2.45, 2.75) is 32.7 Å². The van der Waals surface area contributed by atoms with Gasteiger partial charge in [0.05, 0.1) is 6.07 Å². The van der Waals surface area contributed by atoms with Gasteiger partial charge in [-0.2, -0.15) is 5.26 Å². The Morgan fingerprint density at radius 1 is 1.44 bits per heavy atom. The van der Waals surface area contributed by atoms with Crippen LogP contribution in [0, 0.1) is 23.1 Å². The highest BCUT2D eigenvalue weighted by molar-refractivity contribution is 5.81. The number of nitriles is 1. The lowest BCUT2D eigenvalue weighted by Crippen LogP contribution is -2.37. The largest absolute Gasteiger partial charge is 0.352 e. The minimum atomic E-state index is -0.597. The fraction of sp³-hybridized carbons (Fsp3) is 0.429. The van der Waals surface area contributed by atoms with Gasteiger partial charge in [-0.15, -0.1) is 0 Å². The molecule has 1 amide bonds. The number of halogens is 1. The summed E-state index contributed by atoms with van der Waals surface area (Å²) in [6.45, 7) is 3.67. The standard InChI is InChI=1S/C14H17FN2O/c1-3-12(9-16)14(18)17-10(2)8-11-4-6-13(15)7-5-11/h4-7,10,12H,3,8H2,1-2H3,(H,17,18). The zero-order chi connectivity index (χ0) is 13.5. The Morgan fingerprint density at radius 2 is 2.06 bits per heavy atom. The van der Waals surface area contributed by atoms with E-state index in [1.54, 1.807) is 19.1 Å². The molecule has 0 radical (unpaired) electrons. The summed E-state index contributed by atoms with van der Waals surface area (Å²) in [6, 6.07) is 8.07. The minimum Gasteiger partial charge on any atom is -0.352 e. The van der Waals surface area contributed by atoms with Gasteiger partial charge >= 0.3 is 0 Å². The molecule has 0 heterocycles. The number of carbonyl (C=O) groups excluding carboxylic acids is 1. The molecule has 0 saturated carbocycles. The minimum absolute atomic E-state index is 0.0784. The number of nitrogens with zero attached hydrogens (tertiary/aromatic N) is 1. The monoisotopic (exact) mass is 248 g/mol. The number of amides is 1. The highest BCUT2D eigenvalue weighted by Crippen LogP contribution is 2.07. The van der Waals surface area contributed by atoms with Crippen LogP contribution in [-0.2, 0) is 11.2 Å². The van der Waals surface area contributed by atoms with Gasteiger partial charge in [0, 0.05) is 6.04 Å². The van der Waals surface area contributed by atoms with Crippen LogP contribution in [0.1, 0.15) is 25.8 Å². The van der Waals surface area contributed by atoms with Crippen molar-refractivity contribution in [2.24, 2.45) is 5.92 Å². The van der Waals surface area contributed by atoms with Crippen LogP contribution in [-0.4, -0.2) is 11.9 Å². The molecule has 0 saturated heterocycles. The van der Waals surface area contributed by atoms with Crippen molar-refractivity contribution in [3.8, 4) is 6.07 Å². The number of nitrogens with one attached hydrogen (secondary N) is 1. The molecule has 96 valence electrons. The predicted molar refractivity (Wildman–Crippen MR) is 67.1 cm³/mol. The molecule has 0 aliphatic heterocycles. The molecular weight excluding hydrogens is 231 g/mol. The summed E-state index contributed by atoms with van der Waals surface area (Å²) in [5, 5.41) is 11.6. The van der Waals surface area contributed by atoms with Gasteiger partial charge in [-0.25, -0.2) is 4.39 Å². The predicted octanol–water partition coefficient (Wildman–Crippen LogP) is 2.42. The highest BCUT2D eigenvalue weighted by Gasteiger charge is 2.17. The molecule has 3 nitrogen and oxygen atoms in total. The Balaban J connectivity index is 2.51. The molecule has 4 heteroatoms. The molecule has 2 unspecified atom stereocenters. The molecule has 0 aliphatic carbocycles. The SMILES string of the molecule is CCC(C#N)C(=O)NC(C)Cc1ccc(F)cc1. The van der Waals surface area contributed by atoms with Crippen LogP contribution in [0.15, 0.2) is 24.3 Å². The smallest absolute Gasteiger partial charge is 0.237 e. The van der Waals surface area contributed by atoms with E-state index in [0.717, 1.165) is 5.56 Å². The molecule has 0 aliphatic rings. The van der Waals surface area contributed by atoms with Gasteiger partial charge in [-0.05, 0) is 37.5 Å². The second-order valence-electron chi connectivity index (χ2n) is 4.33. The van der Waals surface area contributed by atoms with Crippen molar-refractivity contribution in [1.82, 2.24) is 5.32 Å². The summed E-state index contributed by atoms with van der Waals surface area (Å²) in [5.74, 6) is -1.11. The van der Waals surface area contributed by atoms with Crippen LogP contribution in [0.2, 0.25) is 0 Å². The van der Waals surface area contributed by atoms with E-state index in [0.29, 0.717) is 12.8 Å². The van der Waals surface area contributed by atoms with Gasteiger partial charge in [0.15, 0.2) is 0 Å². The zero-order valence-electron chi connectivity index (χ0n) is 10.6.